The summed E-state index contributed by atoms with van der Waals surface area (Å²) >= 11 is 6.38. The van der Waals surface area contributed by atoms with Gasteiger partial charge in [0.05, 0.1) is 10.9 Å². The van der Waals surface area contributed by atoms with E-state index in [4.69, 9.17) is 18.2 Å². The van der Waals surface area contributed by atoms with Gasteiger partial charge in [0.25, 0.3) is 5.54 Å². The summed E-state index contributed by atoms with van der Waals surface area (Å²) in [7, 11) is 0. The minimum Gasteiger partial charge on any atom is -0.384 e. The van der Waals surface area contributed by atoms with Crippen molar-refractivity contribution in [1.29, 1.82) is 0 Å². The van der Waals surface area contributed by atoms with Crippen LogP contribution in [0.5, 0.6) is 0 Å². The summed E-state index contributed by atoms with van der Waals surface area (Å²) in [6, 6.07) is 7.37. The molecule has 2 aromatic heterocycles. The Morgan fingerprint density at radius 1 is 1.21 bits per heavy atom. The molecule has 4 rings (SSSR count). The van der Waals surface area contributed by atoms with Gasteiger partial charge in [0.15, 0.2) is 5.65 Å². The number of aliphatic hydroxyl groups is 1. The van der Waals surface area contributed by atoms with Gasteiger partial charge >= 0.3 is 5.92 Å². The molecule has 1 aliphatic carbocycles. The van der Waals surface area contributed by atoms with Crippen molar-refractivity contribution in [2.24, 2.45) is 0 Å². The number of hydrogen-bond donors (Lipinski definition) is 2. The second kappa shape index (κ2) is 7.86. The number of rotatable bonds is 6. The van der Waals surface area contributed by atoms with Crippen molar-refractivity contribution in [3.05, 3.63) is 69.4 Å². The molecule has 1 aromatic carbocycles. The highest BCUT2D eigenvalue weighted by Gasteiger charge is 2.54. The number of alkyl halides is 2. The molecule has 0 saturated heterocycles. The largest absolute Gasteiger partial charge is 0.384 e. The van der Waals surface area contributed by atoms with Gasteiger partial charge in [-0.2, -0.15) is 8.78 Å². The lowest BCUT2D eigenvalue weighted by Gasteiger charge is -2.30. The van der Waals surface area contributed by atoms with Crippen LogP contribution in [0.25, 0.3) is 15.9 Å². The average molecular weight is 472 g/mol. The number of aromatic nitrogens is 3. The molecule has 0 spiro atoms. The Kier molecular flexibility index (Phi) is 5.54. The lowest BCUT2D eigenvalue weighted by atomic mass is 9.91. The van der Waals surface area contributed by atoms with Crippen LogP contribution in [0.2, 0.25) is 5.15 Å². The SMILES string of the molecule is [C-]#[N+]C1(c2cc3c(N[C@H](C)c4cccc(C(F)(F)C(C)(C)O)c4)nc(C)nc3nc2Cl)CC1. The Hall–Kier alpha value is -2.89. The fraction of sp³-hybridized carbons (Fsp3) is 0.417. The van der Waals surface area contributed by atoms with Gasteiger partial charge < -0.3 is 15.3 Å². The maximum atomic E-state index is 14.7. The molecule has 1 aliphatic rings. The van der Waals surface area contributed by atoms with Gasteiger partial charge in [0.1, 0.15) is 22.4 Å². The van der Waals surface area contributed by atoms with Crippen LogP contribution >= 0.6 is 11.6 Å². The molecule has 2 heterocycles. The first-order valence-electron chi connectivity index (χ1n) is 10.6. The van der Waals surface area contributed by atoms with Gasteiger partial charge in [-0.15, -0.1) is 0 Å². The minimum atomic E-state index is -3.42. The number of anilines is 1. The first kappa shape index (κ1) is 23.3. The maximum absolute atomic E-state index is 14.7. The molecule has 0 bridgehead atoms. The predicted molar refractivity (Wildman–Crippen MR) is 123 cm³/mol. The number of nitrogens with zero attached hydrogens (tertiary/aromatic N) is 4. The monoisotopic (exact) mass is 471 g/mol. The van der Waals surface area contributed by atoms with Crippen molar-refractivity contribution in [2.45, 2.75) is 63.6 Å². The van der Waals surface area contributed by atoms with Crippen molar-refractivity contribution in [3.63, 3.8) is 0 Å². The number of halogens is 3. The second-order valence-electron chi connectivity index (χ2n) is 9.09. The summed E-state index contributed by atoms with van der Waals surface area (Å²) in [4.78, 5) is 17.0. The van der Waals surface area contributed by atoms with Crippen molar-refractivity contribution in [3.8, 4) is 0 Å². The highest BCUT2D eigenvalue weighted by atomic mass is 35.5. The van der Waals surface area contributed by atoms with Gasteiger partial charge in [-0.25, -0.2) is 21.5 Å². The van der Waals surface area contributed by atoms with Crippen LogP contribution in [-0.4, -0.2) is 25.7 Å². The second-order valence-corrected chi connectivity index (χ2v) is 9.44. The first-order valence-corrected chi connectivity index (χ1v) is 11.0. The average Bonchev–Trinajstić information content (AvgIpc) is 3.53. The van der Waals surface area contributed by atoms with E-state index < -0.39 is 23.1 Å². The molecule has 1 fully saturated rings. The van der Waals surface area contributed by atoms with Crippen LogP contribution in [0.4, 0.5) is 14.6 Å². The van der Waals surface area contributed by atoms with Crippen LogP contribution in [-0.2, 0) is 11.5 Å². The van der Waals surface area contributed by atoms with Crippen LogP contribution in [0.15, 0.2) is 30.3 Å². The smallest absolute Gasteiger partial charge is 0.300 e. The van der Waals surface area contributed by atoms with Gasteiger partial charge in [-0.05, 0) is 45.4 Å². The summed E-state index contributed by atoms with van der Waals surface area (Å²) in [6.45, 7) is 13.3. The number of benzene rings is 1. The molecule has 3 aromatic rings. The van der Waals surface area contributed by atoms with Crippen LogP contribution in [0.1, 0.15) is 62.2 Å². The van der Waals surface area contributed by atoms with Crippen molar-refractivity contribution < 1.29 is 13.9 Å². The lowest BCUT2D eigenvalue weighted by Crippen LogP contribution is -2.40. The van der Waals surface area contributed by atoms with Crippen molar-refractivity contribution in [2.75, 3.05) is 5.32 Å². The predicted octanol–water partition coefficient (Wildman–Crippen LogP) is 5.93. The van der Waals surface area contributed by atoms with E-state index in [1.165, 1.54) is 18.2 Å². The third-order valence-electron chi connectivity index (χ3n) is 6.06. The molecule has 6 nitrogen and oxygen atoms in total. The highest BCUT2D eigenvalue weighted by Crippen LogP contribution is 2.52. The number of nitrogens with one attached hydrogen (secondary N) is 1. The van der Waals surface area contributed by atoms with Gasteiger partial charge in [0, 0.05) is 24.4 Å². The van der Waals surface area contributed by atoms with E-state index in [9.17, 15) is 13.9 Å². The van der Waals surface area contributed by atoms with Crippen molar-refractivity contribution in [1.82, 2.24) is 15.0 Å². The summed E-state index contributed by atoms with van der Waals surface area (Å²) in [6.07, 6.45) is 1.44. The maximum Gasteiger partial charge on any atom is 0.300 e. The molecule has 0 amide bonds. The molecule has 172 valence electrons. The topological polar surface area (TPSA) is 75.3 Å². The normalized spacial score (nSPS) is 16.3. The number of hydrogen-bond acceptors (Lipinski definition) is 5. The third-order valence-corrected chi connectivity index (χ3v) is 6.35. The molecular formula is C24H24ClF2N5O. The van der Waals surface area contributed by atoms with Crippen LogP contribution in [0.3, 0.4) is 0 Å². The third kappa shape index (κ3) is 4.11. The van der Waals surface area contributed by atoms with Crippen LogP contribution < -0.4 is 5.32 Å². The van der Waals surface area contributed by atoms with Crippen molar-refractivity contribution >= 4 is 28.5 Å². The summed E-state index contributed by atoms with van der Waals surface area (Å²) in [5.74, 6) is -2.47. The minimum absolute atomic E-state index is 0.259. The molecule has 0 aliphatic heterocycles. The molecule has 9 heteroatoms. The van der Waals surface area contributed by atoms with Crippen LogP contribution in [0, 0.1) is 13.5 Å². The van der Waals surface area contributed by atoms with E-state index in [0.29, 0.717) is 33.8 Å². The molecule has 1 saturated carbocycles. The molecule has 0 radical (unpaired) electrons. The van der Waals surface area contributed by atoms with E-state index in [2.05, 4.69) is 25.1 Å². The number of pyridine rings is 1. The van der Waals surface area contributed by atoms with Gasteiger partial charge in [0.2, 0.25) is 0 Å². The Morgan fingerprint density at radius 3 is 2.52 bits per heavy atom. The Bertz CT molecular complexity index is 1280. The zero-order valence-corrected chi connectivity index (χ0v) is 19.5. The summed E-state index contributed by atoms with van der Waals surface area (Å²) in [5.41, 5.74) is -1.47. The Balaban J connectivity index is 1.73. The molecule has 33 heavy (non-hydrogen) atoms. The van der Waals surface area contributed by atoms with E-state index in [1.54, 1.807) is 13.0 Å². The van der Waals surface area contributed by atoms with E-state index >= 15 is 0 Å². The Labute approximate surface area is 195 Å². The molecule has 2 N–H and O–H groups in total. The number of aryl methyl sites for hydroxylation is 1. The summed E-state index contributed by atoms with van der Waals surface area (Å²) < 4.78 is 29.4. The fourth-order valence-corrected chi connectivity index (χ4v) is 4.09. The first-order chi connectivity index (χ1) is 15.4. The molecular weight excluding hydrogens is 448 g/mol. The molecule has 1 atom stereocenters. The molecule has 0 unspecified atom stereocenters. The zero-order valence-electron chi connectivity index (χ0n) is 18.7. The number of fused-ring (bicyclic) bond motifs is 1. The zero-order chi connectivity index (χ0) is 24.2. The Morgan fingerprint density at radius 2 is 1.91 bits per heavy atom. The fourth-order valence-electron chi connectivity index (χ4n) is 3.78. The quantitative estimate of drug-likeness (QED) is 0.344. The highest BCUT2D eigenvalue weighted by molar-refractivity contribution is 6.30. The van der Waals surface area contributed by atoms with E-state index in [1.807, 2.05) is 13.0 Å². The van der Waals surface area contributed by atoms with Gasteiger partial charge in [-0.1, -0.05) is 29.8 Å². The lowest BCUT2D eigenvalue weighted by molar-refractivity contribution is -0.168. The summed E-state index contributed by atoms with van der Waals surface area (Å²) in [5, 5.41) is 14.1. The van der Waals surface area contributed by atoms with Gasteiger partial charge in [-0.3, -0.25) is 0 Å². The van der Waals surface area contributed by atoms with E-state index in [-0.39, 0.29) is 10.7 Å². The van der Waals surface area contributed by atoms with E-state index in [0.717, 1.165) is 26.7 Å². The standard InChI is InChI=1S/C24H24ClF2N5O/c1-13(15-7-6-8-16(11-15)24(26,27)22(3,4)33)29-20-17-12-18(23(28-5)9-10-23)19(25)32-21(17)31-14(2)30-20/h6-8,11-13,33H,9-10H2,1-4H3,(H,29,30,31,32)/t13-/m1/s1.